The van der Waals surface area contributed by atoms with Gasteiger partial charge in [0.15, 0.2) is 0 Å². The van der Waals surface area contributed by atoms with E-state index in [1.165, 1.54) is 0 Å². The van der Waals surface area contributed by atoms with Crippen LogP contribution in [0.3, 0.4) is 0 Å². The van der Waals surface area contributed by atoms with Crippen LogP contribution in [-0.2, 0) is 19.6 Å². The highest BCUT2D eigenvalue weighted by atomic mass is 32.2. The summed E-state index contributed by atoms with van der Waals surface area (Å²) in [5.74, 6) is -1.53. The molecule has 2 aliphatic carbocycles. The fourth-order valence-corrected chi connectivity index (χ4v) is 4.16. The molecule has 2 fully saturated rings. The summed E-state index contributed by atoms with van der Waals surface area (Å²) in [6.45, 7) is -0.344. The molecule has 0 aromatic heterocycles. The molecular weight excluding hydrogens is 334 g/mol. The van der Waals surface area contributed by atoms with Crippen molar-refractivity contribution in [3.8, 4) is 0 Å². The van der Waals surface area contributed by atoms with Gasteiger partial charge >= 0.3 is 21.3 Å². The molecule has 2 N–H and O–H groups in total. The third-order valence-electron chi connectivity index (χ3n) is 4.81. The lowest BCUT2D eigenvalue weighted by Crippen LogP contribution is -2.42. The summed E-state index contributed by atoms with van der Waals surface area (Å²) in [4.78, 5) is 11.0. The first kappa shape index (κ1) is 18.5. The molecule has 0 spiro atoms. The number of halogens is 2. The second-order valence-electron chi connectivity index (χ2n) is 6.76. The van der Waals surface area contributed by atoms with Gasteiger partial charge in [-0.2, -0.15) is 17.2 Å². The highest BCUT2D eigenvalue weighted by molar-refractivity contribution is 7.87. The molecule has 2 aliphatic rings. The molecule has 23 heavy (non-hydrogen) atoms. The summed E-state index contributed by atoms with van der Waals surface area (Å²) in [5.41, 5.74) is -0.624. The van der Waals surface area contributed by atoms with Crippen molar-refractivity contribution in [3.05, 3.63) is 0 Å². The molecule has 0 aromatic carbocycles. The first-order valence-electron chi connectivity index (χ1n) is 7.78. The maximum absolute atomic E-state index is 13.0. The van der Waals surface area contributed by atoms with Crippen molar-refractivity contribution in [1.82, 2.24) is 0 Å². The third-order valence-corrected chi connectivity index (χ3v) is 5.62. The van der Waals surface area contributed by atoms with Crippen molar-refractivity contribution in [2.45, 2.75) is 62.2 Å². The number of carbonyl (C=O) groups excluding carboxylic acids is 1. The first-order valence-corrected chi connectivity index (χ1v) is 9.22. The Labute approximate surface area is 134 Å². The Morgan fingerprint density at radius 3 is 2.65 bits per heavy atom. The largest absolute Gasteiger partial charge is 0.465 e. The lowest BCUT2D eigenvalue weighted by Gasteiger charge is -2.45. The minimum Gasteiger partial charge on any atom is -0.460 e. The van der Waals surface area contributed by atoms with Gasteiger partial charge in [0.1, 0.15) is 0 Å². The number of ether oxygens (including phenoxy) is 1. The van der Waals surface area contributed by atoms with E-state index in [9.17, 15) is 27.1 Å². The van der Waals surface area contributed by atoms with Crippen molar-refractivity contribution in [3.63, 3.8) is 0 Å². The monoisotopic (exact) mass is 356 g/mol. The van der Waals surface area contributed by atoms with Gasteiger partial charge in [-0.05, 0) is 50.4 Å². The molecule has 9 heteroatoms. The lowest BCUT2D eigenvalue weighted by atomic mass is 9.64. The highest BCUT2D eigenvalue weighted by Crippen LogP contribution is 2.46. The standard InChI is InChI=1S/C14H22F2O6S/c15-14(16,23(19,20)21)12(17)22-6-2-4-11-7-10-3-1-5-13(18,8-10)9-11/h10-11,18H,1-9H2,(H,19,20,21). The summed E-state index contributed by atoms with van der Waals surface area (Å²) in [6, 6.07) is 0. The number of alkyl halides is 2. The zero-order valence-electron chi connectivity index (χ0n) is 12.7. The maximum Gasteiger partial charge on any atom is 0.465 e. The van der Waals surface area contributed by atoms with E-state index in [-0.39, 0.29) is 12.5 Å². The Morgan fingerprint density at radius 2 is 2.04 bits per heavy atom. The molecule has 0 saturated heterocycles. The molecule has 0 amide bonds. The Kier molecular flexibility index (Phi) is 5.32. The van der Waals surface area contributed by atoms with Crippen molar-refractivity contribution in [2.75, 3.05) is 6.61 Å². The minimum atomic E-state index is -5.82. The van der Waals surface area contributed by atoms with E-state index < -0.39 is 26.9 Å². The van der Waals surface area contributed by atoms with Crippen LogP contribution in [0, 0.1) is 11.8 Å². The van der Waals surface area contributed by atoms with E-state index in [0.29, 0.717) is 25.2 Å². The zero-order chi connectivity index (χ0) is 17.3. The average Bonchev–Trinajstić information content (AvgIpc) is 2.40. The molecular formula is C14H22F2O6S. The van der Waals surface area contributed by atoms with Gasteiger partial charge in [0, 0.05) is 0 Å². The van der Waals surface area contributed by atoms with Crippen LogP contribution in [0.2, 0.25) is 0 Å². The first-order chi connectivity index (χ1) is 10.5. The van der Waals surface area contributed by atoms with Crippen molar-refractivity contribution in [2.24, 2.45) is 11.8 Å². The SMILES string of the molecule is O=C(OCCCC1CC2CCCC(O)(C1)C2)C(F)(F)S(=O)(=O)O. The fourth-order valence-electron chi connectivity index (χ4n) is 3.89. The van der Waals surface area contributed by atoms with Crippen molar-refractivity contribution in [1.29, 1.82) is 0 Å². The molecule has 2 saturated carbocycles. The molecule has 2 rings (SSSR count). The van der Waals surface area contributed by atoms with E-state index in [2.05, 4.69) is 4.74 Å². The third kappa shape index (κ3) is 4.39. The Balaban J connectivity index is 1.75. The number of hydrogen-bond acceptors (Lipinski definition) is 5. The Hall–Kier alpha value is -0.800. The Morgan fingerprint density at radius 1 is 1.35 bits per heavy atom. The molecule has 0 aromatic rings. The van der Waals surface area contributed by atoms with Crippen LogP contribution in [0.25, 0.3) is 0 Å². The predicted molar refractivity (Wildman–Crippen MR) is 76.3 cm³/mol. The average molecular weight is 356 g/mol. The quantitative estimate of drug-likeness (QED) is 0.429. The second-order valence-corrected chi connectivity index (χ2v) is 8.23. The summed E-state index contributed by atoms with van der Waals surface area (Å²) >= 11 is 0. The summed E-state index contributed by atoms with van der Waals surface area (Å²) < 4.78 is 59.3. The van der Waals surface area contributed by atoms with Crippen LogP contribution >= 0.6 is 0 Å². The van der Waals surface area contributed by atoms with E-state index in [1.54, 1.807) is 0 Å². The van der Waals surface area contributed by atoms with E-state index in [4.69, 9.17) is 4.55 Å². The number of aliphatic hydroxyl groups is 1. The molecule has 3 unspecified atom stereocenters. The molecule has 0 radical (unpaired) electrons. The van der Waals surface area contributed by atoms with E-state index in [0.717, 1.165) is 32.1 Å². The van der Waals surface area contributed by atoms with Gasteiger partial charge in [0.05, 0.1) is 12.2 Å². The number of fused-ring (bicyclic) bond motifs is 2. The molecule has 3 atom stereocenters. The summed E-state index contributed by atoms with van der Waals surface area (Å²) in [7, 11) is -5.82. The zero-order valence-corrected chi connectivity index (χ0v) is 13.5. The van der Waals surface area contributed by atoms with E-state index in [1.807, 2.05) is 0 Å². The lowest BCUT2D eigenvalue weighted by molar-refractivity contribution is -0.161. The molecule has 6 nitrogen and oxygen atoms in total. The van der Waals surface area contributed by atoms with Gasteiger partial charge in [-0.3, -0.25) is 4.55 Å². The van der Waals surface area contributed by atoms with Gasteiger partial charge in [-0.15, -0.1) is 0 Å². The second kappa shape index (κ2) is 6.60. The van der Waals surface area contributed by atoms with Gasteiger partial charge in [0.2, 0.25) is 0 Å². The van der Waals surface area contributed by atoms with Crippen LogP contribution in [0.1, 0.15) is 51.4 Å². The van der Waals surface area contributed by atoms with Crippen LogP contribution in [0.15, 0.2) is 0 Å². The predicted octanol–water partition coefficient (Wildman–Crippen LogP) is 2.12. The van der Waals surface area contributed by atoms with Crippen molar-refractivity contribution >= 4 is 16.1 Å². The topological polar surface area (TPSA) is 101 Å². The van der Waals surface area contributed by atoms with Crippen LogP contribution in [0.4, 0.5) is 8.78 Å². The number of esters is 1. The smallest absolute Gasteiger partial charge is 0.460 e. The molecule has 0 aliphatic heterocycles. The fraction of sp³-hybridized carbons (Fsp3) is 0.929. The van der Waals surface area contributed by atoms with E-state index >= 15 is 0 Å². The van der Waals surface area contributed by atoms with Crippen LogP contribution < -0.4 is 0 Å². The number of rotatable bonds is 6. The van der Waals surface area contributed by atoms with Crippen LogP contribution in [0.5, 0.6) is 0 Å². The van der Waals surface area contributed by atoms with Gasteiger partial charge in [0.25, 0.3) is 0 Å². The normalized spacial score (nSPS) is 31.7. The summed E-state index contributed by atoms with van der Waals surface area (Å²) in [5, 5.41) is 5.49. The number of hydrogen-bond donors (Lipinski definition) is 2. The number of carbonyl (C=O) groups is 1. The Bertz CT molecular complexity index is 549. The van der Waals surface area contributed by atoms with Crippen molar-refractivity contribution < 1.29 is 36.4 Å². The van der Waals surface area contributed by atoms with Gasteiger partial charge < -0.3 is 9.84 Å². The minimum absolute atomic E-state index is 0.250. The van der Waals surface area contributed by atoms with Gasteiger partial charge in [-0.25, -0.2) is 4.79 Å². The van der Waals surface area contributed by atoms with Gasteiger partial charge in [-0.1, -0.05) is 12.8 Å². The molecule has 134 valence electrons. The molecule has 0 heterocycles. The maximum atomic E-state index is 13.0. The molecule has 2 bridgehead atoms. The highest BCUT2D eigenvalue weighted by Gasteiger charge is 2.54. The summed E-state index contributed by atoms with van der Waals surface area (Å²) in [6.07, 6.45) is 6.28. The van der Waals surface area contributed by atoms with Crippen LogP contribution in [-0.4, -0.2) is 41.5 Å².